The second kappa shape index (κ2) is 8.54. The van der Waals surface area contributed by atoms with Crippen molar-refractivity contribution in [2.24, 2.45) is 0 Å². The van der Waals surface area contributed by atoms with Crippen molar-refractivity contribution in [2.45, 2.75) is 27.3 Å². The van der Waals surface area contributed by atoms with Crippen molar-refractivity contribution in [1.29, 1.82) is 0 Å². The maximum atomic E-state index is 12.6. The highest BCUT2D eigenvalue weighted by molar-refractivity contribution is 5.96. The zero-order chi connectivity index (χ0) is 19.2. The summed E-state index contributed by atoms with van der Waals surface area (Å²) in [6, 6.07) is 18.0. The van der Waals surface area contributed by atoms with Gasteiger partial charge >= 0.3 is 0 Å². The van der Waals surface area contributed by atoms with E-state index in [-0.39, 0.29) is 5.91 Å². The van der Waals surface area contributed by atoms with Gasteiger partial charge in [-0.3, -0.25) is 9.48 Å². The Labute approximate surface area is 160 Å². The molecule has 0 saturated heterocycles. The van der Waals surface area contributed by atoms with E-state index >= 15 is 0 Å². The van der Waals surface area contributed by atoms with E-state index in [0.717, 1.165) is 22.7 Å². The first-order valence-corrected chi connectivity index (χ1v) is 9.10. The number of nitrogens with zero attached hydrogens (tertiary/aromatic N) is 2. The van der Waals surface area contributed by atoms with Crippen molar-refractivity contribution in [3.05, 3.63) is 82.7 Å². The van der Waals surface area contributed by atoms with Crippen LogP contribution in [0.2, 0.25) is 0 Å². The van der Waals surface area contributed by atoms with Gasteiger partial charge in [-0.05, 0) is 38.5 Å². The first-order valence-electron chi connectivity index (χ1n) is 9.10. The summed E-state index contributed by atoms with van der Waals surface area (Å²) < 4.78 is 7.53. The standard InChI is InChI=1S/C22H25N3O2/c1-16-9-11-20(12-10-16)27-14-13-23-22(26)21-17(2)24-25(18(21)3)15-19-7-5-4-6-8-19/h4-12H,13-15H2,1-3H3,(H,23,26). The molecule has 3 rings (SSSR count). The Hall–Kier alpha value is -3.08. The van der Waals surface area contributed by atoms with Crippen LogP contribution in [0.25, 0.3) is 0 Å². The van der Waals surface area contributed by atoms with E-state index in [0.29, 0.717) is 25.3 Å². The molecule has 0 aliphatic rings. The van der Waals surface area contributed by atoms with Crippen LogP contribution < -0.4 is 10.1 Å². The third kappa shape index (κ3) is 4.76. The zero-order valence-electron chi connectivity index (χ0n) is 16.0. The summed E-state index contributed by atoms with van der Waals surface area (Å²) >= 11 is 0. The van der Waals surface area contributed by atoms with Crippen molar-refractivity contribution in [3.8, 4) is 5.75 Å². The molecule has 1 N–H and O–H groups in total. The van der Waals surface area contributed by atoms with Gasteiger partial charge in [-0.15, -0.1) is 0 Å². The molecule has 1 aromatic heterocycles. The fourth-order valence-electron chi connectivity index (χ4n) is 2.99. The van der Waals surface area contributed by atoms with Crippen LogP contribution in [-0.4, -0.2) is 28.8 Å². The number of aryl methyl sites for hydroxylation is 2. The van der Waals surface area contributed by atoms with Gasteiger partial charge in [0.1, 0.15) is 12.4 Å². The summed E-state index contributed by atoms with van der Waals surface area (Å²) in [7, 11) is 0. The van der Waals surface area contributed by atoms with Crippen molar-refractivity contribution >= 4 is 5.91 Å². The first kappa shape index (κ1) is 18.7. The average molecular weight is 363 g/mol. The van der Waals surface area contributed by atoms with Gasteiger partial charge in [0, 0.05) is 5.69 Å². The molecule has 5 heteroatoms. The van der Waals surface area contributed by atoms with Gasteiger partial charge in [-0.1, -0.05) is 48.0 Å². The van der Waals surface area contributed by atoms with Crippen molar-refractivity contribution in [1.82, 2.24) is 15.1 Å². The van der Waals surface area contributed by atoms with Crippen LogP contribution in [-0.2, 0) is 6.54 Å². The summed E-state index contributed by atoms with van der Waals surface area (Å²) in [4.78, 5) is 12.6. The number of aromatic nitrogens is 2. The van der Waals surface area contributed by atoms with Crippen molar-refractivity contribution in [3.63, 3.8) is 0 Å². The Kier molecular flexibility index (Phi) is 5.91. The van der Waals surface area contributed by atoms with E-state index in [4.69, 9.17) is 4.74 Å². The number of carbonyl (C=O) groups excluding carboxylic acids is 1. The summed E-state index contributed by atoms with van der Waals surface area (Å²) in [5.74, 6) is 0.690. The molecule has 0 aliphatic carbocycles. The molecule has 0 aliphatic heterocycles. The number of ether oxygens (including phenoxy) is 1. The van der Waals surface area contributed by atoms with E-state index in [1.807, 2.05) is 67.9 Å². The molecule has 3 aromatic rings. The predicted molar refractivity (Wildman–Crippen MR) is 106 cm³/mol. The second-order valence-corrected chi connectivity index (χ2v) is 6.61. The summed E-state index contributed by atoms with van der Waals surface area (Å²) in [5, 5.41) is 7.46. The minimum atomic E-state index is -0.114. The fourth-order valence-corrected chi connectivity index (χ4v) is 2.99. The molecular weight excluding hydrogens is 338 g/mol. The number of amides is 1. The van der Waals surface area contributed by atoms with Gasteiger partial charge in [-0.2, -0.15) is 5.10 Å². The van der Waals surface area contributed by atoms with Gasteiger partial charge in [0.25, 0.3) is 5.91 Å². The Morgan fingerprint density at radius 1 is 1.04 bits per heavy atom. The second-order valence-electron chi connectivity index (χ2n) is 6.61. The Morgan fingerprint density at radius 3 is 2.44 bits per heavy atom. The molecule has 2 aromatic carbocycles. The van der Waals surface area contributed by atoms with Gasteiger partial charge in [0.2, 0.25) is 0 Å². The number of carbonyl (C=O) groups is 1. The number of hydrogen-bond acceptors (Lipinski definition) is 3. The van der Waals surface area contributed by atoms with Crippen LogP contribution in [0.5, 0.6) is 5.75 Å². The highest BCUT2D eigenvalue weighted by Gasteiger charge is 2.18. The molecule has 140 valence electrons. The van der Waals surface area contributed by atoms with Gasteiger partial charge in [0.15, 0.2) is 0 Å². The third-order valence-electron chi connectivity index (χ3n) is 4.46. The van der Waals surface area contributed by atoms with E-state index in [2.05, 4.69) is 22.5 Å². The number of benzene rings is 2. The van der Waals surface area contributed by atoms with E-state index in [1.54, 1.807) is 0 Å². The lowest BCUT2D eigenvalue weighted by Crippen LogP contribution is -2.29. The van der Waals surface area contributed by atoms with Crippen LogP contribution in [0.3, 0.4) is 0 Å². The molecule has 0 saturated carbocycles. The molecule has 5 nitrogen and oxygen atoms in total. The van der Waals surface area contributed by atoms with Gasteiger partial charge in [-0.25, -0.2) is 0 Å². The topological polar surface area (TPSA) is 56.1 Å². The maximum Gasteiger partial charge on any atom is 0.255 e. The van der Waals surface area contributed by atoms with E-state index < -0.39 is 0 Å². The minimum Gasteiger partial charge on any atom is -0.492 e. The molecule has 0 spiro atoms. The highest BCUT2D eigenvalue weighted by atomic mass is 16.5. The zero-order valence-corrected chi connectivity index (χ0v) is 16.0. The van der Waals surface area contributed by atoms with E-state index in [9.17, 15) is 4.79 Å². The van der Waals surface area contributed by atoms with Crippen LogP contribution in [0, 0.1) is 20.8 Å². The van der Waals surface area contributed by atoms with Crippen LogP contribution >= 0.6 is 0 Å². The molecule has 0 atom stereocenters. The minimum absolute atomic E-state index is 0.114. The SMILES string of the molecule is Cc1ccc(OCCNC(=O)c2c(C)nn(Cc3ccccc3)c2C)cc1. The lowest BCUT2D eigenvalue weighted by Gasteiger charge is -2.09. The number of nitrogens with one attached hydrogen (secondary N) is 1. The molecule has 0 fully saturated rings. The fraction of sp³-hybridized carbons (Fsp3) is 0.273. The van der Waals surface area contributed by atoms with Crippen molar-refractivity contribution in [2.75, 3.05) is 13.2 Å². The van der Waals surface area contributed by atoms with Crippen LogP contribution in [0.1, 0.15) is 32.9 Å². The normalized spacial score (nSPS) is 10.6. The summed E-state index contributed by atoms with van der Waals surface area (Å²) in [6.45, 7) is 7.34. The predicted octanol–water partition coefficient (Wildman–Crippen LogP) is 3.67. The monoisotopic (exact) mass is 363 g/mol. The third-order valence-corrected chi connectivity index (χ3v) is 4.46. The van der Waals surface area contributed by atoms with Gasteiger partial charge < -0.3 is 10.1 Å². The maximum absolute atomic E-state index is 12.6. The molecule has 27 heavy (non-hydrogen) atoms. The van der Waals surface area contributed by atoms with Crippen LogP contribution in [0.4, 0.5) is 0 Å². The van der Waals surface area contributed by atoms with Crippen molar-refractivity contribution < 1.29 is 9.53 Å². The lowest BCUT2D eigenvalue weighted by molar-refractivity contribution is 0.0945. The first-order chi connectivity index (χ1) is 13.0. The molecule has 1 amide bonds. The quantitative estimate of drug-likeness (QED) is 0.652. The Balaban J connectivity index is 1.57. The lowest BCUT2D eigenvalue weighted by atomic mass is 10.2. The largest absolute Gasteiger partial charge is 0.492 e. The molecule has 0 unspecified atom stereocenters. The summed E-state index contributed by atoms with van der Waals surface area (Å²) in [5.41, 5.74) is 4.59. The average Bonchev–Trinajstić information content (AvgIpc) is 2.94. The Morgan fingerprint density at radius 2 is 1.74 bits per heavy atom. The smallest absolute Gasteiger partial charge is 0.255 e. The Bertz CT molecular complexity index is 899. The number of hydrogen-bond donors (Lipinski definition) is 1. The molecular formula is C22H25N3O2. The molecule has 1 heterocycles. The van der Waals surface area contributed by atoms with Gasteiger partial charge in [0.05, 0.1) is 24.3 Å². The number of rotatable bonds is 7. The molecule has 0 bridgehead atoms. The summed E-state index contributed by atoms with van der Waals surface area (Å²) in [6.07, 6.45) is 0. The highest BCUT2D eigenvalue weighted by Crippen LogP contribution is 2.15. The van der Waals surface area contributed by atoms with E-state index in [1.165, 1.54) is 5.56 Å². The molecule has 0 radical (unpaired) electrons. The van der Waals surface area contributed by atoms with Crippen LogP contribution in [0.15, 0.2) is 54.6 Å².